The molecule has 2 aromatic rings. The summed E-state index contributed by atoms with van der Waals surface area (Å²) in [7, 11) is 0. The number of pyridine rings is 1. The monoisotopic (exact) mass is 237 g/mol. The maximum atomic E-state index is 11.1. The Labute approximate surface area is 98.2 Å². The fourth-order valence-electron chi connectivity index (χ4n) is 1.41. The van der Waals surface area contributed by atoms with E-state index in [0.29, 0.717) is 18.0 Å². The number of imidazole rings is 1. The second kappa shape index (κ2) is 4.53. The number of halogens is 1. The van der Waals surface area contributed by atoms with Crippen LogP contribution in [0.2, 0.25) is 5.02 Å². The third-order valence-electron chi connectivity index (χ3n) is 2.26. The molecule has 0 radical (unpaired) electrons. The molecule has 0 aromatic carbocycles. The first-order valence-corrected chi connectivity index (χ1v) is 5.46. The molecule has 0 aliphatic rings. The minimum absolute atomic E-state index is 0.0232. The summed E-state index contributed by atoms with van der Waals surface area (Å²) < 4.78 is 1.87. The predicted octanol–water partition coefficient (Wildman–Crippen LogP) is 2.01. The van der Waals surface area contributed by atoms with E-state index >= 15 is 0 Å². The van der Waals surface area contributed by atoms with Gasteiger partial charge in [0, 0.05) is 23.8 Å². The molecule has 1 N–H and O–H groups in total. The van der Waals surface area contributed by atoms with Crippen molar-refractivity contribution in [3.8, 4) is 0 Å². The van der Waals surface area contributed by atoms with Crippen molar-refractivity contribution in [1.82, 2.24) is 14.7 Å². The molecule has 1 amide bonds. The summed E-state index contributed by atoms with van der Waals surface area (Å²) in [4.78, 5) is 15.4. The van der Waals surface area contributed by atoms with Crippen molar-refractivity contribution in [2.75, 3.05) is 0 Å². The van der Waals surface area contributed by atoms with Gasteiger partial charge in [-0.05, 0) is 12.1 Å². The molecule has 16 heavy (non-hydrogen) atoms. The molecule has 5 heteroatoms. The molecule has 0 bridgehead atoms. The van der Waals surface area contributed by atoms with E-state index in [1.165, 1.54) is 0 Å². The van der Waals surface area contributed by atoms with E-state index in [2.05, 4.69) is 10.3 Å². The van der Waals surface area contributed by atoms with Gasteiger partial charge in [-0.25, -0.2) is 4.98 Å². The van der Waals surface area contributed by atoms with E-state index in [-0.39, 0.29) is 5.91 Å². The Morgan fingerprint density at radius 2 is 2.44 bits per heavy atom. The second-order valence-corrected chi connectivity index (χ2v) is 3.91. The van der Waals surface area contributed by atoms with Crippen LogP contribution in [-0.4, -0.2) is 15.3 Å². The number of nitrogens with one attached hydrogen (secondary N) is 1. The van der Waals surface area contributed by atoms with Gasteiger partial charge in [0.05, 0.1) is 12.2 Å². The highest BCUT2D eigenvalue weighted by Crippen LogP contribution is 2.12. The van der Waals surface area contributed by atoms with Gasteiger partial charge in [-0.15, -0.1) is 0 Å². The van der Waals surface area contributed by atoms with Gasteiger partial charge in [0.1, 0.15) is 5.65 Å². The quantitative estimate of drug-likeness (QED) is 0.888. The van der Waals surface area contributed by atoms with Crippen molar-refractivity contribution in [3.05, 3.63) is 35.2 Å². The first-order valence-electron chi connectivity index (χ1n) is 5.09. The highest BCUT2D eigenvalue weighted by molar-refractivity contribution is 6.30. The lowest BCUT2D eigenvalue weighted by Gasteiger charge is -1.98. The molecule has 2 rings (SSSR count). The van der Waals surface area contributed by atoms with Crippen molar-refractivity contribution < 1.29 is 4.79 Å². The number of hydrogen-bond acceptors (Lipinski definition) is 2. The van der Waals surface area contributed by atoms with Gasteiger partial charge >= 0.3 is 0 Å². The molecule has 0 saturated heterocycles. The Morgan fingerprint density at radius 3 is 3.19 bits per heavy atom. The summed E-state index contributed by atoms with van der Waals surface area (Å²) in [6.45, 7) is 2.27. The number of carbonyl (C=O) groups excluding carboxylic acids is 1. The van der Waals surface area contributed by atoms with Crippen LogP contribution in [0.4, 0.5) is 0 Å². The third kappa shape index (κ3) is 2.33. The Bertz CT molecular complexity index is 521. The van der Waals surface area contributed by atoms with Gasteiger partial charge in [-0.2, -0.15) is 0 Å². The van der Waals surface area contributed by atoms with Gasteiger partial charge < -0.3 is 9.72 Å². The third-order valence-corrected chi connectivity index (χ3v) is 2.50. The SMILES string of the molecule is CCC(=O)NCc1cn2ccc(Cl)cc2n1. The van der Waals surface area contributed by atoms with Crippen LogP contribution in [0.5, 0.6) is 0 Å². The number of fused-ring (bicyclic) bond motifs is 1. The molecule has 2 aromatic heterocycles. The minimum Gasteiger partial charge on any atom is -0.350 e. The predicted molar refractivity (Wildman–Crippen MR) is 62.3 cm³/mol. The summed E-state index contributed by atoms with van der Waals surface area (Å²) in [5, 5.41) is 3.43. The van der Waals surface area contributed by atoms with Gasteiger partial charge in [0.25, 0.3) is 0 Å². The van der Waals surface area contributed by atoms with Crippen LogP contribution in [0.3, 0.4) is 0 Å². The molecule has 84 valence electrons. The van der Waals surface area contributed by atoms with Crippen LogP contribution >= 0.6 is 11.6 Å². The fraction of sp³-hybridized carbons (Fsp3) is 0.273. The number of aromatic nitrogens is 2. The summed E-state index contributed by atoms with van der Waals surface area (Å²) in [5.74, 6) is 0.0232. The van der Waals surface area contributed by atoms with E-state index in [1.54, 1.807) is 12.1 Å². The summed E-state index contributed by atoms with van der Waals surface area (Å²) in [5.41, 5.74) is 1.61. The number of nitrogens with zero attached hydrogens (tertiary/aromatic N) is 2. The lowest BCUT2D eigenvalue weighted by Crippen LogP contribution is -2.21. The molecule has 4 nitrogen and oxygen atoms in total. The Kier molecular flexibility index (Phi) is 3.10. The highest BCUT2D eigenvalue weighted by Gasteiger charge is 2.03. The standard InChI is InChI=1S/C11H12ClN3O/c1-2-11(16)13-6-9-7-15-4-3-8(12)5-10(15)14-9/h3-5,7H,2,6H2,1H3,(H,13,16). The largest absolute Gasteiger partial charge is 0.350 e. The molecule has 0 atom stereocenters. The van der Waals surface area contributed by atoms with Crippen LogP contribution in [0.1, 0.15) is 19.0 Å². The topological polar surface area (TPSA) is 46.4 Å². The first kappa shape index (κ1) is 11.0. The second-order valence-electron chi connectivity index (χ2n) is 3.47. The fourth-order valence-corrected chi connectivity index (χ4v) is 1.56. The van der Waals surface area contributed by atoms with E-state index in [0.717, 1.165) is 11.3 Å². The highest BCUT2D eigenvalue weighted by atomic mass is 35.5. The lowest BCUT2D eigenvalue weighted by atomic mass is 10.4. The molecular weight excluding hydrogens is 226 g/mol. The van der Waals surface area contributed by atoms with Gasteiger partial charge in [-0.3, -0.25) is 4.79 Å². The van der Waals surface area contributed by atoms with E-state index in [4.69, 9.17) is 11.6 Å². The van der Waals surface area contributed by atoms with E-state index < -0.39 is 0 Å². The Morgan fingerprint density at radius 1 is 1.62 bits per heavy atom. The molecule has 0 fully saturated rings. The summed E-state index contributed by atoms with van der Waals surface area (Å²) in [6.07, 6.45) is 4.20. The van der Waals surface area contributed by atoms with Gasteiger partial charge in [-0.1, -0.05) is 18.5 Å². The molecule has 0 aliphatic heterocycles. The Balaban J connectivity index is 2.16. The van der Waals surface area contributed by atoms with E-state index in [1.807, 2.05) is 23.7 Å². The Hall–Kier alpha value is -1.55. The van der Waals surface area contributed by atoms with Crippen LogP contribution in [0, 0.1) is 0 Å². The number of hydrogen-bond donors (Lipinski definition) is 1. The number of carbonyl (C=O) groups is 1. The summed E-state index contributed by atoms with van der Waals surface area (Å²) >= 11 is 5.85. The average molecular weight is 238 g/mol. The zero-order valence-corrected chi connectivity index (χ0v) is 9.66. The molecular formula is C11H12ClN3O. The van der Waals surface area contributed by atoms with Crippen molar-refractivity contribution in [2.45, 2.75) is 19.9 Å². The number of amides is 1. The van der Waals surface area contributed by atoms with Crippen molar-refractivity contribution in [3.63, 3.8) is 0 Å². The zero-order valence-electron chi connectivity index (χ0n) is 8.90. The normalized spacial score (nSPS) is 10.6. The molecule has 0 aliphatic carbocycles. The molecule has 0 unspecified atom stereocenters. The first-order chi connectivity index (χ1) is 7.69. The zero-order chi connectivity index (χ0) is 11.5. The molecule has 2 heterocycles. The summed E-state index contributed by atoms with van der Waals surface area (Å²) in [6, 6.07) is 3.58. The van der Waals surface area contributed by atoms with Crippen LogP contribution < -0.4 is 5.32 Å². The van der Waals surface area contributed by atoms with Crippen molar-refractivity contribution in [1.29, 1.82) is 0 Å². The van der Waals surface area contributed by atoms with E-state index in [9.17, 15) is 4.79 Å². The van der Waals surface area contributed by atoms with Gasteiger partial charge in [0.2, 0.25) is 5.91 Å². The van der Waals surface area contributed by atoms with Crippen LogP contribution in [0.15, 0.2) is 24.5 Å². The maximum Gasteiger partial charge on any atom is 0.220 e. The van der Waals surface area contributed by atoms with Crippen molar-refractivity contribution >= 4 is 23.2 Å². The molecule has 0 saturated carbocycles. The lowest BCUT2D eigenvalue weighted by molar-refractivity contribution is -0.120. The smallest absolute Gasteiger partial charge is 0.220 e. The maximum absolute atomic E-state index is 11.1. The number of rotatable bonds is 3. The molecule has 0 spiro atoms. The van der Waals surface area contributed by atoms with Gasteiger partial charge in [0.15, 0.2) is 0 Å². The van der Waals surface area contributed by atoms with Crippen LogP contribution in [0.25, 0.3) is 5.65 Å². The minimum atomic E-state index is 0.0232. The van der Waals surface area contributed by atoms with Crippen molar-refractivity contribution in [2.24, 2.45) is 0 Å². The van der Waals surface area contributed by atoms with Crippen LogP contribution in [-0.2, 0) is 11.3 Å². The average Bonchev–Trinajstić information content (AvgIpc) is 2.67.